The third-order valence-electron chi connectivity index (χ3n) is 2.54. The summed E-state index contributed by atoms with van der Waals surface area (Å²) in [5.41, 5.74) is 0. The highest BCUT2D eigenvalue weighted by Gasteiger charge is 2.21. The average molecular weight is 269 g/mol. The Morgan fingerprint density at radius 3 is 2.25 bits per heavy atom. The van der Waals surface area contributed by atoms with Crippen LogP contribution in [0.2, 0.25) is 0 Å². The zero-order valence-corrected chi connectivity index (χ0v) is 12.2. The number of sulfone groups is 1. The molecule has 16 heavy (non-hydrogen) atoms. The van der Waals surface area contributed by atoms with Gasteiger partial charge in [0.1, 0.15) is 9.84 Å². The van der Waals surface area contributed by atoms with E-state index < -0.39 is 20.6 Å². The van der Waals surface area contributed by atoms with E-state index in [2.05, 4.69) is 5.32 Å². The first-order chi connectivity index (χ1) is 7.31. The third-order valence-corrected chi connectivity index (χ3v) is 5.51. The molecule has 0 aromatic carbocycles. The Balaban J connectivity index is 4.26. The first-order valence-corrected chi connectivity index (χ1v) is 9.04. The summed E-state index contributed by atoms with van der Waals surface area (Å²) in [6.07, 6.45) is 2.08. The lowest BCUT2D eigenvalue weighted by atomic mass is 10.2. The summed E-state index contributed by atoms with van der Waals surface area (Å²) >= 11 is 0. The van der Waals surface area contributed by atoms with Crippen molar-refractivity contribution in [3.05, 3.63) is 0 Å². The van der Waals surface area contributed by atoms with E-state index in [1.54, 1.807) is 0 Å². The molecule has 0 aliphatic rings. The van der Waals surface area contributed by atoms with Gasteiger partial charge in [-0.05, 0) is 19.9 Å². The molecule has 3 unspecified atom stereocenters. The van der Waals surface area contributed by atoms with Crippen LogP contribution < -0.4 is 5.32 Å². The minimum atomic E-state index is -3.01. The number of rotatable bonds is 8. The molecule has 6 heteroatoms. The molecule has 0 radical (unpaired) electrons. The first kappa shape index (κ1) is 16.1. The lowest BCUT2D eigenvalue weighted by Gasteiger charge is -2.22. The van der Waals surface area contributed by atoms with E-state index in [-0.39, 0.29) is 22.8 Å². The summed E-state index contributed by atoms with van der Waals surface area (Å²) in [5.74, 6) is 0.244. The van der Waals surface area contributed by atoms with E-state index in [0.717, 1.165) is 13.0 Å². The minimum Gasteiger partial charge on any atom is -0.313 e. The van der Waals surface area contributed by atoms with Gasteiger partial charge in [-0.3, -0.25) is 4.21 Å². The van der Waals surface area contributed by atoms with Crippen molar-refractivity contribution in [2.24, 2.45) is 0 Å². The molecule has 0 spiro atoms. The van der Waals surface area contributed by atoms with Crippen molar-refractivity contribution in [2.75, 3.05) is 24.3 Å². The Hall–Kier alpha value is 0.0600. The zero-order chi connectivity index (χ0) is 12.8. The highest BCUT2D eigenvalue weighted by atomic mass is 32.2. The highest BCUT2D eigenvalue weighted by molar-refractivity contribution is 7.92. The van der Waals surface area contributed by atoms with Gasteiger partial charge in [0, 0.05) is 34.1 Å². The predicted octanol–water partition coefficient (Wildman–Crippen LogP) is 0.556. The van der Waals surface area contributed by atoms with Crippen LogP contribution in [0.5, 0.6) is 0 Å². The molecular formula is C10H23NO3S2. The second kappa shape index (κ2) is 7.40. The predicted molar refractivity (Wildman–Crippen MR) is 69.9 cm³/mol. The van der Waals surface area contributed by atoms with Gasteiger partial charge >= 0.3 is 0 Å². The summed E-state index contributed by atoms with van der Waals surface area (Å²) in [7, 11) is -4.10. The van der Waals surface area contributed by atoms with Crippen molar-refractivity contribution in [1.82, 2.24) is 5.32 Å². The van der Waals surface area contributed by atoms with Gasteiger partial charge in [0.05, 0.1) is 5.75 Å². The quantitative estimate of drug-likeness (QED) is 0.699. The maximum absolute atomic E-state index is 11.9. The molecule has 0 aromatic heterocycles. The van der Waals surface area contributed by atoms with Crippen molar-refractivity contribution >= 4 is 20.6 Å². The molecule has 1 N–H and O–H groups in total. The van der Waals surface area contributed by atoms with E-state index in [9.17, 15) is 12.6 Å². The van der Waals surface area contributed by atoms with Crippen LogP contribution in [-0.4, -0.2) is 48.2 Å². The van der Waals surface area contributed by atoms with Crippen molar-refractivity contribution in [3.63, 3.8) is 0 Å². The maximum atomic E-state index is 11.9. The summed E-state index contributed by atoms with van der Waals surface area (Å²) < 4.78 is 33.8. The molecule has 4 nitrogen and oxygen atoms in total. The molecule has 0 saturated heterocycles. The Labute approximate surface area is 102 Å². The standard InChI is InChI=1S/C10H23NO3S2/c1-5-10(11-6-2)9(3)15(12)7-8-16(4,13)14/h9-11H,5-8H2,1-4H3. The van der Waals surface area contributed by atoms with Crippen LogP contribution in [0.3, 0.4) is 0 Å². The van der Waals surface area contributed by atoms with Crippen molar-refractivity contribution in [1.29, 1.82) is 0 Å². The van der Waals surface area contributed by atoms with E-state index in [1.807, 2.05) is 20.8 Å². The molecule has 0 aromatic rings. The van der Waals surface area contributed by atoms with Gasteiger partial charge in [-0.25, -0.2) is 8.42 Å². The fraction of sp³-hybridized carbons (Fsp3) is 1.00. The number of hydrogen-bond acceptors (Lipinski definition) is 4. The van der Waals surface area contributed by atoms with E-state index in [4.69, 9.17) is 0 Å². The molecular weight excluding hydrogens is 246 g/mol. The minimum absolute atomic E-state index is 0.00646. The summed E-state index contributed by atoms with van der Waals surface area (Å²) in [6, 6.07) is 0.199. The molecule has 0 aliphatic heterocycles. The van der Waals surface area contributed by atoms with Gasteiger partial charge in [0.25, 0.3) is 0 Å². The highest BCUT2D eigenvalue weighted by Crippen LogP contribution is 2.07. The Morgan fingerprint density at radius 2 is 1.88 bits per heavy atom. The van der Waals surface area contributed by atoms with E-state index >= 15 is 0 Å². The first-order valence-electron chi connectivity index (χ1n) is 5.60. The van der Waals surface area contributed by atoms with Crippen LogP contribution in [-0.2, 0) is 20.6 Å². The van der Waals surface area contributed by atoms with Crippen LogP contribution in [0.25, 0.3) is 0 Å². The Kier molecular flexibility index (Phi) is 7.43. The average Bonchev–Trinajstić information content (AvgIpc) is 2.20. The molecule has 0 saturated carbocycles. The molecule has 0 heterocycles. The summed E-state index contributed by atoms with van der Waals surface area (Å²) in [4.78, 5) is 0. The molecule has 0 fully saturated rings. The lowest BCUT2D eigenvalue weighted by Crippen LogP contribution is -2.41. The largest absolute Gasteiger partial charge is 0.313 e. The Bertz CT molecular complexity index is 314. The van der Waals surface area contributed by atoms with Gasteiger partial charge in [-0.15, -0.1) is 0 Å². The van der Waals surface area contributed by atoms with Gasteiger partial charge in [-0.1, -0.05) is 13.8 Å². The summed E-state index contributed by atoms with van der Waals surface area (Å²) in [5, 5.41) is 3.26. The Morgan fingerprint density at radius 1 is 1.31 bits per heavy atom. The molecule has 0 amide bonds. The van der Waals surface area contributed by atoms with Crippen LogP contribution >= 0.6 is 0 Å². The van der Waals surface area contributed by atoms with Gasteiger partial charge in [-0.2, -0.15) is 0 Å². The number of nitrogens with one attached hydrogen (secondary N) is 1. The van der Waals surface area contributed by atoms with Crippen molar-refractivity contribution in [3.8, 4) is 0 Å². The van der Waals surface area contributed by atoms with Gasteiger partial charge in [0.2, 0.25) is 0 Å². The second-order valence-corrected chi connectivity index (χ2v) is 8.17. The molecule has 0 aliphatic carbocycles. The lowest BCUT2D eigenvalue weighted by molar-refractivity contribution is 0.500. The topological polar surface area (TPSA) is 63.2 Å². The van der Waals surface area contributed by atoms with Crippen molar-refractivity contribution < 1.29 is 12.6 Å². The third kappa shape index (κ3) is 6.60. The molecule has 0 rings (SSSR count). The second-order valence-electron chi connectivity index (χ2n) is 3.99. The monoisotopic (exact) mass is 269 g/mol. The van der Waals surface area contributed by atoms with E-state index in [1.165, 1.54) is 6.26 Å². The fourth-order valence-electron chi connectivity index (χ4n) is 1.51. The normalized spacial score (nSPS) is 18.0. The van der Waals surface area contributed by atoms with Crippen LogP contribution in [0.15, 0.2) is 0 Å². The van der Waals surface area contributed by atoms with Crippen LogP contribution in [0.1, 0.15) is 27.2 Å². The summed E-state index contributed by atoms with van der Waals surface area (Å²) in [6.45, 7) is 6.80. The van der Waals surface area contributed by atoms with Crippen LogP contribution in [0, 0.1) is 0 Å². The van der Waals surface area contributed by atoms with Gasteiger partial charge < -0.3 is 5.32 Å². The molecule has 3 atom stereocenters. The maximum Gasteiger partial charge on any atom is 0.148 e. The van der Waals surface area contributed by atoms with Crippen LogP contribution in [0.4, 0.5) is 0 Å². The van der Waals surface area contributed by atoms with E-state index in [0.29, 0.717) is 0 Å². The molecule has 98 valence electrons. The molecule has 0 bridgehead atoms. The SMILES string of the molecule is CCNC(CC)C(C)S(=O)CCS(C)(=O)=O. The van der Waals surface area contributed by atoms with Crippen molar-refractivity contribution in [2.45, 2.75) is 38.5 Å². The number of hydrogen-bond donors (Lipinski definition) is 1. The smallest absolute Gasteiger partial charge is 0.148 e. The fourth-order valence-corrected chi connectivity index (χ4v) is 4.40. The zero-order valence-electron chi connectivity index (χ0n) is 10.5. The van der Waals surface area contributed by atoms with Gasteiger partial charge in [0.15, 0.2) is 0 Å².